The number of nitrogens with one attached hydrogen (secondary N) is 8. The van der Waals surface area contributed by atoms with Crippen LogP contribution in [0.5, 0.6) is 0 Å². The molecule has 9 amide bonds. The normalized spacial score (nSPS) is 17.8. The molecule has 3 atom stereocenters. The molecule has 0 unspecified atom stereocenters. The van der Waals surface area contributed by atoms with Crippen molar-refractivity contribution in [2.75, 3.05) is 0 Å². The lowest BCUT2D eigenvalue weighted by Gasteiger charge is -2.29. The van der Waals surface area contributed by atoms with E-state index in [4.69, 9.17) is 19.0 Å². The molecule has 0 radical (unpaired) electrons. The second kappa shape index (κ2) is 22.6. The zero-order valence-electron chi connectivity index (χ0n) is 41.7. The first kappa shape index (κ1) is 56.3. The molecular formula is C48H48N14O14S. The van der Waals surface area contributed by atoms with E-state index >= 15 is 0 Å². The minimum absolute atomic E-state index is 0.0877. The number of nitrogens with zero attached hydrogens (tertiary/aromatic N) is 5. The highest BCUT2D eigenvalue weighted by Gasteiger charge is 2.37. The van der Waals surface area contributed by atoms with Crippen molar-refractivity contribution in [3.63, 3.8) is 0 Å². The number of nitrogens with two attached hydrogens (primary N) is 1. The number of aliphatic hydroxyl groups is 2. The van der Waals surface area contributed by atoms with E-state index in [1.807, 2.05) is 0 Å². The number of aromatic nitrogens is 5. The van der Waals surface area contributed by atoms with Crippen molar-refractivity contribution in [3.8, 4) is 22.0 Å². The monoisotopic (exact) mass is 1080 g/mol. The first-order chi connectivity index (χ1) is 36.1. The molecule has 0 aliphatic carbocycles. The minimum atomic E-state index is -1.99. The van der Waals surface area contributed by atoms with Crippen LogP contribution in [0.4, 0.5) is 0 Å². The van der Waals surface area contributed by atoms with Crippen LogP contribution in [-0.4, -0.2) is 112 Å². The SMILES string of the molecule is C=C(NC(=O)c1ccc2c(n1)-c1coc(n1)C(=C)NC(=O)C(=C)NC(=O)c1nc(oc1C)C(=C)NC(=O)[C@H](C(C)(C)O)NC(=O)C(=C)NC(=O)c1nc(oc1C)C(=CC)NC(=O)[C@H]([C@@H](C)O)NC(=O)c1csc-2n1)C(N)=O. The van der Waals surface area contributed by atoms with E-state index in [1.54, 1.807) is 0 Å². The van der Waals surface area contributed by atoms with E-state index in [0.717, 1.165) is 17.6 Å². The molecule has 0 fully saturated rings. The fraction of sp³-hybridized carbons (Fsp3) is 0.208. The topological polar surface area (TPSA) is 420 Å². The summed E-state index contributed by atoms with van der Waals surface area (Å²) in [4.78, 5) is 141. The van der Waals surface area contributed by atoms with Gasteiger partial charge in [0.15, 0.2) is 11.4 Å². The maximum atomic E-state index is 13.7. The predicted octanol–water partition coefficient (Wildman–Crippen LogP) is 0.468. The van der Waals surface area contributed by atoms with Crippen molar-refractivity contribution >= 4 is 81.6 Å². The molecule has 5 aromatic rings. The van der Waals surface area contributed by atoms with E-state index in [2.05, 4.69) is 100 Å². The standard InChI is InChI=1S/C48H48N14O14S/c1-12-26-46-61-32(24(9)76-46)42(71)52-19(4)37(66)62-34(48(10,11)73)43(72)54-21(6)45-60-31(23(8)75-45)41(70)51-18(3)36(65)53-20(5)44-57-28(15-74-44)33-25(13-14-27(55-33)38(67)50-17(2)35(49)64)47-58-29(16-77-47)39(68)59-30(22(7)63)40(69)56-26/h12-16,22,30,34,63,73H,2-6H2,1,7-11H3,(H2,49,64)(H,50,67)(H,51,70)(H,52,71)(H,53,65)(H,54,72)(H,56,69)(H,59,68)(H,62,66)/t22-,30+,34-/m1/s1. The summed E-state index contributed by atoms with van der Waals surface area (Å²) in [5.74, 6) is -10.4. The Balaban J connectivity index is 1.37. The molecule has 1 aliphatic heterocycles. The Hall–Kier alpha value is -10.00. The fourth-order valence-electron chi connectivity index (χ4n) is 6.60. The molecule has 6 heterocycles. The van der Waals surface area contributed by atoms with Gasteiger partial charge >= 0.3 is 0 Å². The van der Waals surface area contributed by atoms with Crippen LogP contribution in [0.2, 0.25) is 0 Å². The second-order valence-electron chi connectivity index (χ2n) is 17.0. The summed E-state index contributed by atoms with van der Waals surface area (Å²) in [7, 11) is 0. The Bertz CT molecular complexity index is 3420. The number of aliphatic hydroxyl groups excluding tert-OH is 1. The number of thiazole rings is 1. The Morgan fingerprint density at radius 2 is 1.32 bits per heavy atom. The first-order valence-electron chi connectivity index (χ1n) is 22.3. The zero-order valence-corrected chi connectivity index (χ0v) is 42.5. The Labute approximate surface area is 439 Å². The number of allylic oxidation sites excluding steroid dienone is 1. The predicted molar refractivity (Wildman–Crippen MR) is 270 cm³/mol. The van der Waals surface area contributed by atoms with Crippen LogP contribution in [0, 0.1) is 13.8 Å². The fourth-order valence-corrected chi connectivity index (χ4v) is 7.43. The van der Waals surface area contributed by atoms with Gasteiger partial charge in [-0.1, -0.05) is 39.0 Å². The van der Waals surface area contributed by atoms with Gasteiger partial charge in [0.2, 0.25) is 29.5 Å². The molecular weight excluding hydrogens is 1030 g/mol. The number of pyridine rings is 1. The van der Waals surface area contributed by atoms with Crippen molar-refractivity contribution < 1.29 is 66.6 Å². The average molecular weight is 1080 g/mol. The number of aryl methyl sites for hydroxylation is 2. The third-order valence-corrected chi connectivity index (χ3v) is 11.5. The van der Waals surface area contributed by atoms with Gasteiger partial charge in [-0.15, -0.1) is 11.3 Å². The highest BCUT2D eigenvalue weighted by atomic mass is 32.1. The maximum Gasteiger partial charge on any atom is 0.278 e. The third kappa shape index (κ3) is 12.9. The molecule has 0 saturated carbocycles. The Morgan fingerprint density at radius 1 is 0.740 bits per heavy atom. The van der Waals surface area contributed by atoms with Crippen molar-refractivity contribution in [3.05, 3.63) is 132 Å². The van der Waals surface area contributed by atoms with Gasteiger partial charge in [0, 0.05) is 10.9 Å². The number of oxazole rings is 3. The Kier molecular flexibility index (Phi) is 16.5. The molecule has 29 heteroatoms. The van der Waals surface area contributed by atoms with E-state index in [9.17, 15) is 53.4 Å². The average Bonchev–Trinajstić information content (AvgIpc) is 4.20. The van der Waals surface area contributed by atoms with E-state index in [1.165, 1.54) is 65.1 Å². The number of primary amides is 1. The molecule has 1 aliphatic rings. The summed E-state index contributed by atoms with van der Waals surface area (Å²) in [6.45, 7) is 25.8. The van der Waals surface area contributed by atoms with Gasteiger partial charge in [0.25, 0.3) is 41.4 Å². The van der Waals surface area contributed by atoms with Crippen LogP contribution < -0.4 is 48.3 Å². The molecule has 8 bridgehead atoms. The molecule has 6 rings (SSSR count). The number of hydrogen-bond donors (Lipinski definition) is 11. The van der Waals surface area contributed by atoms with Crippen LogP contribution in [-0.2, 0) is 24.0 Å². The largest absolute Gasteiger partial charge is 0.443 e. The number of carbonyl (C=O) groups excluding carboxylic acids is 9. The molecule has 400 valence electrons. The Morgan fingerprint density at radius 3 is 1.92 bits per heavy atom. The smallest absolute Gasteiger partial charge is 0.278 e. The van der Waals surface area contributed by atoms with Crippen LogP contribution in [0.3, 0.4) is 0 Å². The summed E-state index contributed by atoms with van der Waals surface area (Å²) >= 11 is 0.913. The number of amides is 9. The highest BCUT2D eigenvalue weighted by molar-refractivity contribution is 7.13. The van der Waals surface area contributed by atoms with Crippen LogP contribution >= 0.6 is 11.3 Å². The van der Waals surface area contributed by atoms with E-state index in [-0.39, 0.29) is 85.1 Å². The summed E-state index contributed by atoms with van der Waals surface area (Å²) in [6, 6.07) is -0.785. The highest BCUT2D eigenvalue weighted by Crippen LogP contribution is 2.33. The maximum absolute atomic E-state index is 13.7. The van der Waals surface area contributed by atoms with Gasteiger partial charge in [-0.25, -0.2) is 24.9 Å². The lowest BCUT2D eigenvalue weighted by atomic mass is 9.97. The first-order valence-corrected chi connectivity index (χ1v) is 23.1. The van der Waals surface area contributed by atoms with E-state index < -0.39 is 99.9 Å². The number of fused-ring (bicyclic) bond motifs is 11. The van der Waals surface area contributed by atoms with Crippen LogP contribution in [0.1, 0.15) is 98.8 Å². The molecule has 0 aromatic carbocycles. The lowest BCUT2D eigenvalue weighted by Crippen LogP contribution is -2.58. The third-order valence-electron chi connectivity index (χ3n) is 10.6. The molecule has 77 heavy (non-hydrogen) atoms. The molecule has 5 aromatic heterocycles. The molecule has 28 nitrogen and oxygen atoms in total. The van der Waals surface area contributed by atoms with Crippen molar-refractivity contribution in [1.29, 1.82) is 0 Å². The van der Waals surface area contributed by atoms with Gasteiger partial charge < -0.3 is 71.7 Å². The summed E-state index contributed by atoms with van der Waals surface area (Å²) in [5.41, 5.74) is -0.444. The van der Waals surface area contributed by atoms with Crippen molar-refractivity contribution in [1.82, 2.24) is 67.5 Å². The number of hydrogen-bond acceptors (Lipinski definition) is 20. The summed E-state index contributed by atoms with van der Waals surface area (Å²) < 4.78 is 16.8. The summed E-state index contributed by atoms with van der Waals surface area (Å²) in [5, 5.41) is 41.7. The van der Waals surface area contributed by atoms with Gasteiger partial charge in [0.1, 0.15) is 57.7 Å². The molecule has 12 N–H and O–H groups in total. The lowest BCUT2D eigenvalue weighted by molar-refractivity contribution is -0.132. The van der Waals surface area contributed by atoms with Crippen molar-refractivity contribution in [2.45, 2.75) is 65.3 Å². The van der Waals surface area contributed by atoms with Gasteiger partial charge in [-0.2, -0.15) is 0 Å². The molecule has 0 saturated heterocycles. The van der Waals surface area contributed by atoms with Crippen molar-refractivity contribution in [2.24, 2.45) is 5.73 Å². The zero-order chi connectivity index (χ0) is 57.0. The van der Waals surface area contributed by atoms with Gasteiger partial charge in [-0.3, -0.25) is 43.2 Å². The minimum Gasteiger partial charge on any atom is -0.443 e. The summed E-state index contributed by atoms with van der Waals surface area (Å²) in [6.07, 6.45) is 0.890. The second-order valence-corrected chi connectivity index (χ2v) is 17.9. The van der Waals surface area contributed by atoms with Crippen LogP contribution in [0.15, 0.2) is 93.1 Å². The van der Waals surface area contributed by atoms with Gasteiger partial charge in [-0.05, 0) is 53.7 Å². The molecule has 0 spiro atoms. The number of carbonyl (C=O) groups is 9. The van der Waals surface area contributed by atoms with Gasteiger partial charge in [0.05, 0.1) is 45.9 Å². The van der Waals surface area contributed by atoms with Crippen LogP contribution in [0.25, 0.3) is 39.1 Å². The van der Waals surface area contributed by atoms with E-state index in [0.29, 0.717) is 0 Å². The quantitative estimate of drug-likeness (QED) is 0.107. The number of rotatable bonds is 5.